The van der Waals surface area contributed by atoms with E-state index in [0.29, 0.717) is 5.15 Å². The second kappa shape index (κ2) is 6.37. The van der Waals surface area contributed by atoms with Crippen LogP contribution in [0.2, 0.25) is 5.15 Å². The minimum atomic E-state index is 0.0884. The second-order valence-corrected chi connectivity index (χ2v) is 6.09. The lowest BCUT2D eigenvalue weighted by Gasteiger charge is -2.25. The van der Waals surface area contributed by atoms with Crippen molar-refractivity contribution in [1.29, 1.82) is 0 Å². The van der Waals surface area contributed by atoms with Gasteiger partial charge in [0.25, 0.3) is 0 Å². The molecule has 4 nitrogen and oxygen atoms in total. The van der Waals surface area contributed by atoms with E-state index in [1.54, 1.807) is 0 Å². The minimum absolute atomic E-state index is 0.0884. The normalized spacial score (nSPS) is 11.8. The van der Waals surface area contributed by atoms with Gasteiger partial charge in [-0.2, -0.15) is 0 Å². The molecule has 0 spiro atoms. The zero-order valence-corrected chi connectivity index (χ0v) is 12.6. The highest BCUT2D eigenvalue weighted by Gasteiger charge is 2.18. The summed E-state index contributed by atoms with van der Waals surface area (Å²) in [6, 6.07) is 7.82. The largest absolute Gasteiger partial charge is 0.396 e. The van der Waals surface area contributed by atoms with E-state index in [4.69, 9.17) is 16.7 Å². The first kappa shape index (κ1) is 15.0. The number of rotatable bonds is 6. The van der Waals surface area contributed by atoms with Crippen LogP contribution in [0.3, 0.4) is 0 Å². The maximum absolute atomic E-state index is 8.93. The third-order valence-corrected chi connectivity index (χ3v) is 3.67. The molecule has 0 atom stereocenters. The summed E-state index contributed by atoms with van der Waals surface area (Å²) in [6.45, 7) is 5.34. The molecule has 0 aliphatic heterocycles. The van der Waals surface area contributed by atoms with Crippen molar-refractivity contribution in [2.75, 3.05) is 18.5 Å². The summed E-state index contributed by atoms with van der Waals surface area (Å²) >= 11 is 6.06. The molecule has 0 unspecified atom stereocenters. The Balaban J connectivity index is 2.16. The fraction of sp³-hybridized carbons (Fsp3) is 0.467. The molecule has 2 N–H and O–H groups in total. The lowest BCUT2D eigenvalue weighted by molar-refractivity contribution is 0.248. The molecule has 0 radical (unpaired) electrons. The Morgan fingerprint density at radius 2 is 1.90 bits per heavy atom. The van der Waals surface area contributed by atoms with Crippen molar-refractivity contribution in [2.24, 2.45) is 5.41 Å². The fourth-order valence-electron chi connectivity index (χ4n) is 2.17. The van der Waals surface area contributed by atoms with Crippen LogP contribution in [0.25, 0.3) is 10.8 Å². The molecule has 0 saturated heterocycles. The van der Waals surface area contributed by atoms with Gasteiger partial charge in [-0.3, -0.25) is 0 Å². The van der Waals surface area contributed by atoms with Crippen LogP contribution in [0.5, 0.6) is 0 Å². The molecule has 0 saturated carbocycles. The number of halogens is 1. The first-order valence-electron chi connectivity index (χ1n) is 6.79. The van der Waals surface area contributed by atoms with E-state index in [0.717, 1.165) is 36.0 Å². The summed E-state index contributed by atoms with van der Waals surface area (Å²) in [5.41, 5.74) is 0.0884. The van der Waals surface area contributed by atoms with Crippen molar-refractivity contribution >= 4 is 28.2 Å². The van der Waals surface area contributed by atoms with Crippen LogP contribution < -0.4 is 5.32 Å². The molecule has 1 heterocycles. The maximum atomic E-state index is 8.93. The van der Waals surface area contributed by atoms with Gasteiger partial charge in [0.2, 0.25) is 0 Å². The summed E-state index contributed by atoms with van der Waals surface area (Å²) in [5.74, 6) is 0.752. The quantitative estimate of drug-likeness (QED) is 0.856. The van der Waals surface area contributed by atoms with E-state index < -0.39 is 0 Å². The fourth-order valence-corrected chi connectivity index (χ4v) is 2.37. The van der Waals surface area contributed by atoms with E-state index in [-0.39, 0.29) is 12.0 Å². The van der Waals surface area contributed by atoms with Crippen LogP contribution in [0.4, 0.5) is 5.82 Å². The predicted octanol–water partition coefficient (Wildman–Crippen LogP) is 3.49. The summed E-state index contributed by atoms with van der Waals surface area (Å²) in [4.78, 5) is 0. The number of hydrogen-bond donors (Lipinski definition) is 2. The summed E-state index contributed by atoms with van der Waals surface area (Å²) in [5, 5.41) is 22.7. The van der Waals surface area contributed by atoms with Gasteiger partial charge in [0.1, 0.15) is 0 Å². The standard InChI is InChI=1S/C15H20ClN3O/c1-15(2,8-5-9-20)10-17-14-12-7-4-3-6-11(12)13(16)18-19-14/h3-4,6-7,20H,5,8-10H2,1-2H3,(H,17,19). The Morgan fingerprint density at radius 1 is 1.20 bits per heavy atom. The summed E-state index contributed by atoms with van der Waals surface area (Å²) < 4.78 is 0. The van der Waals surface area contributed by atoms with Gasteiger partial charge in [-0.25, -0.2) is 0 Å². The number of nitrogens with one attached hydrogen (secondary N) is 1. The van der Waals surface area contributed by atoms with E-state index in [2.05, 4.69) is 29.4 Å². The molecule has 0 aliphatic rings. The first-order valence-corrected chi connectivity index (χ1v) is 7.17. The molecule has 2 aromatic rings. The molecule has 5 heteroatoms. The molecular formula is C15H20ClN3O. The number of aromatic nitrogens is 2. The Labute approximate surface area is 124 Å². The number of benzene rings is 1. The van der Waals surface area contributed by atoms with Crippen LogP contribution in [0, 0.1) is 5.41 Å². The van der Waals surface area contributed by atoms with Crippen molar-refractivity contribution in [3.8, 4) is 0 Å². The van der Waals surface area contributed by atoms with Gasteiger partial charge < -0.3 is 10.4 Å². The smallest absolute Gasteiger partial charge is 0.159 e. The highest BCUT2D eigenvalue weighted by Crippen LogP contribution is 2.28. The average Bonchev–Trinajstić information content (AvgIpc) is 2.45. The van der Waals surface area contributed by atoms with Crippen LogP contribution >= 0.6 is 11.6 Å². The molecular weight excluding hydrogens is 274 g/mol. The van der Waals surface area contributed by atoms with Crippen molar-refractivity contribution in [3.63, 3.8) is 0 Å². The Bertz CT molecular complexity index is 586. The Morgan fingerprint density at radius 3 is 2.60 bits per heavy atom. The highest BCUT2D eigenvalue weighted by molar-refractivity contribution is 6.34. The molecule has 108 valence electrons. The van der Waals surface area contributed by atoms with Crippen LogP contribution in [0.1, 0.15) is 26.7 Å². The van der Waals surface area contributed by atoms with Gasteiger partial charge in [-0.05, 0) is 18.3 Å². The lowest BCUT2D eigenvalue weighted by atomic mass is 9.88. The molecule has 1 aromatic carbocycles. The Kier molecular flexibility index (Phi) is 4.78. The van der Waals surface area contributed by atoms with Crippen molar-refractivity contribution in [1.82, 2.24) is 10.2 Å². The summed E-state index contributed by atoms with van der Waals surface area (Å²) in [6.07, 6.45) is 1.76. The molecule has 0 aliphatic carbocycles. The number of anilines is 1. The van der Waals surface area contributed by atoms with Gasteiger partial charge in [-0.1, -0.05) is 49.7 Å². The molecule has 2 rings (SSSR count). The van der Waals surface area contributed by atoms with Crippen LogP contribution in [0.15, 0.2) is 24.3 Å². The van der Waals surface area contributed by atoms with Crippen molar-refractivity contribution in [3.05, 3.63) is 29.4 Å². The van der Waals surface area contributed by atoms with Crippen molar-refractivity contribution < 1.29 is 5.11 Å². The third-order valence-electron chi connectivity index (χ3n) is 3.39. The highest BCUT2D eigenvalue weighted by atomic mass is 35.5. The SMILES string of the molecule is CC(C)(CCCO)CNc1nnc(Cl)c2ccccc12. The maximum Gasteiger partial charge on any atom is 0.159 e. The van der Waals surface area contributed by atoms with Crippen molar-refractivity contribution in [2.45, 2.75) is 26.7 Å². The lowest BCUT2D eigenvalue weighted by Crippen LogP contribution is -2.24. The van der Waals surface area contributed by atoms with Gasteiger partial charge >= 0.3 is 0 Å². The number of hydrogen-bond acceptors (Lipinski definition) is 4. The van der Waals surface area contributed by atoms with Gasteiger partial charge in [0.05, 0.1) is 0 Å². The predicted molar refractivity (Wildman–Crippen MR) is 83.1 cm³/mol. The number of aliphatic hydroxyl groups is 1. The van der Waals surface area contributed by atoms with Gasteiger partial charge in [-0.15, -0.1) is 10.2 Å². The van der Waals surface area contributed by atoms with E-state index in [9.17, 15) is 0 Å². The number of fused-ring (bicyclic) bond motifs is 1. The average molecular weight is 294 g/mol. The number of nitrogens with zero attached hydrogens (tertiary/aromatic N) is 2. The van der Waals surface area contributed by atoms with E-state index in [1.165, 1.54) is 0 Å². The first-order chi connectivity index (χ1) is 9.53. The third kappa shape index (κ3) is 3.58. The molecule has 20 heavy (non-hydrogen) atoms. The minimum Gasteiger partial charge on any atom is -0.396 e. The van der Waals surface area contributed by atoms with E-state index >= 15 is 0 Å². The topological polar surface area (TPSA) is 58.0 Å². The molecule has 0 fully saturated rings. The Hall–Kier alpha value is -1.39. The molecule has 1 aromatic heterocycles. The van der Waals surface area contributed by atoms with E-state index in [1.807, 2.05) is 24.3 Å². The van der Waals surface area contributed by atoms with Crippen LogP contribution in [-0.4, -0.2) is 28.5 Å². The monoisotopic (exact) mass is 293 g/mol. The molecule has 0 amide bonds. The van der Waals surface area contributed by atoms with Crippen LogP contribution in [-0.2, 0) is 0 Å². The summed E-state index contributed by atoms with van der Waals surface area (Å²) in [7, 11) is 0. The zero-order chi connectivity index (χ0) is 14.6. The van der Waals surface area contributed by atoms with Gasteiger partial charge in [0.15, 0.2) is 11.0 Å². The second-order valence-electron chi connectivity index (χ2n) is 5.73. The zero-order valence-electron chi connectivity index (χ0n) is 11.9. The molecule has 0 bridgehead atoms. The number of aliphatic hydroxyl groups excluding tert-OH is 1. The van der Waals surface area contributed by atoms with Gasteiger partial charge in [0, 0.05) is 23.9 Å².